The SMILES string of the molecule is Cl.O=S(=O)(NC(CN1CCOCC1)c1ccccc1)c1ccc2c(c1)OCCCO2. The van der Waals surface area contributed by atoms with E-state index in [0.717, 1.165) is 25.1 Å². The first kappa shape index (κ1) is 22.8. The molecule has 2 aromatic carbocycles. The lowest BCUT2D eigenvalue weighted by molar-refractivity contribution is 0.0345. The number of halogens is 1. The molecule has 1 unspecified atom stereocenters. The van der Waals surface area contributed by atoms with Crippen LogP contribution in [0.15, 0.2) is 53.4 Å². The molecule has 9 heteroatoms. The number of hydrogen-bond donors (Lipinski definition) is 1. The Hall–Kier alpha value is -1.84. The molecule has 0 aromatic heterocycles. The maximum Gasteiger partial charge on any atom is 0.241 e. The fourth-order valence-corrected chi connectivity index (χ4v) is 4.73. The van der Waals surface area contributed by atoms with E-state index in [0.29, 0.717) is 44.5 Å². The van der Waals surface area contributed by atoms with Gasteiger partial charge in [0.15, 0.2) is 11.5 Å². The molecule has 0 radical (unpaired) electrons. The highest BCUT2D eigenvalue weighted by Crippen LogP contribution is 2.32. The van der Waals surface area contributed by atoms with E-state index in [9.17, 15) is 8.42 Å². The van der Waals surface area contributed by atoms with Gasteiger partial charge >= 0.3 is 0 Å². The largest absolute Gasteiger partial charge is 0.490 e. The smallest absolute Gasteiger partial charge is 0.241 e. The van der Waals surface area contributed by atoms with Gasteiger partial charge in [-0.15, -0.1) is 12.4 Å². The third-order valence-electron chi connectivity index (χ3n) is 5.07. The molecule has 4 rings (SSSR count). The molecule has 1 fully saturated rings. The summed E-state index contributed by atoms with van der Waals surface area (Å²) in [5, 5.41) is 0. The van der Waals surface area contributed by atoms with Crippen LogP contribution in [0.5, 0.6) is 11.5 Å². The average molecular weight is 455 g/mol. The van der Waals surface area contributed by atoms with Crippen LogP contribution in [0, 0.1) is 0 Å². The van der Waals surface area contributed by atoms with Gasteiger partial charge in [-0.2, -0.15) is 0 Å². The predicted octanol–water partition coefficient (Wildman–Crippen LogP) is 2.62. The minimum Gasteiger partial charge on any atom is -0.490 e. The predicted molar refractivity (Wildman–Crippen MR) is 116 cm³/mol. The Morgan fingerprint density at radius 1 is 0.933 bits per heavy atom. The fourth-order valence-electron chi connectivity index (χ4n) is 3.50. The van der Waals surface area contributed by atoms with Crippen molar-refractivity contribution in [1.82, 2.24) is 9.62 Å². The van der Waals surface area contributed by atoms with Gasteiger partial charge in [0.2, 0.25) is 10.0 Å². The number of fused-ring (bicyclic) bond motifs is 1. The van der Waals surface area contributed by atoms with Gasteiger partial charge in [-0.1, -0.05) is 30.3 Å². The molecule has 0 aliphatic carbocycles. The third kappa shape index (κ3) is 5.65. The highest BCUT2D eigenvalue weighted by atomic mass is 35.5. The number of benzene rings is 2. The van der Waals surface area contributed by atoms with Gasteiger partial charge in [-0.05, 0) is 17.7 Å². The van der Waals surface area contributed by atoms with Crippen molar-refractivity contribution < 1.29 is 22.6 Å². The standard InChI is InChI=1S/C21H26N2O5S.ClH/c24-29(25,18-7-8-20-21(15-18)28-12-4-11-27-20)22-19(17-5-2-1-3-6-17)16-23-9-13-26-14-10-23;/h1-3,5-8,15,19,22H,4,9-14,16H2;1H. The number of ether oxygens (including phenoxy) is 3. The van der Waals surface area contributed by atoms with Gasteiger partial charge in [0.1, 0.15) is 0 Å². The van der Waals surface area contributed by atoms with Crippen LogP contribution < -0.4 is 14.2 Å². The highest BCUT2D eigenvalue weighted by Gasteiger charge is 2.25. The van der Waals surface area contributed by atoms with Gasteiger partial charge in [-0.3, -0.25) is 4.90 Å². The lowest BCUT2D eigenvalue weighted by Crippen LogP contribution is -2.43. The molecule has 164 valence electrons. The van der Waals surface area contributed by atoms with Gasteiger partial charge in [0.25, 0.3) is 0 Å². The molecule has 30 heavy (non-hydrogen) atoms. The molecular weight excluding hydrogens is 428 g/mol. The van der Waals surface area contributed by atoms with Crippen molar-refractivity contribution >= 4 is 22.4 Å². The van der Waals surface area contributed by atoms with Crippen molar-refractivity contribution in [2.45, 2.75) is 17.4 Å². The maximum absolute atomic E-state index is 13.2. The van der Waals surface area contributed by atoms with E-state index >= 15 is 0 Å². The van der Waals surface area contributed by atoms with Gasteiger partial charge in [-0.25, -0.2) is 13.1 Å². The van der Waals surface area contributed by atoms with Crippen LogP contribution >= 0.6 is 12.4 Å². The van der Waals surface area contributed by atoms with E-state index in [-0.39, 0.29) is 23.3 Å². The summed E-state index contributed by atoms with van der Waals surface area (Å²) in [6, 6.07) is 14.1. The summed E-state index contributed by atoms with van der Waals surface area (Å²) in [6.45, 7) is 4.55. The first-order chi connectivity index (χ1) is 14.1. The Balaban J connectivity index is 0.00000256. The monoisotopic (exact) mass is 454 g/mol. The van der Waals surface area contributed by atoms with Crippen molar-refractivity contribution in [3.63, 3.8) is 0 Å². The van der Waals surface area contributed by atoms with Crippen LogP contribution in [0.3, 0.4) is 0 Å². The molecular formula is C21H27ClN2O5S. The fraction of sp³-hybridized carbons (Fsp3) is 0.429. The molecule has 2 aliphatic heterocycles. The molecule has 0 amide bonds. The van der Waals surface area contributed by atoms with E-state index in [4.69, 9.17) is 14.2 Å². The molecule has 2 aromatic rings. The Morgan fingerprint density at radius 3 is 2.37 bits per heavy atom. The zero-order valence-electron chi connectivity index (χ0n) is 16.7. The molecule has 7 nitrogen and oxygen atoms in total. The minimum atomic E-state index is -3.75. The topological polar surface area (TPSA) is 77.1 Å². The molecule has 1 atom stereocenters. The van der Waals surface area contributed by atoms with E-state index in [1.54, 1.807) is 18.2 Å². The quantitative estimate of drug-likeness (QED) is 0.723. The Morgan fingerprint density at radius 2 is 1.63 bits per heavy atom. The Kier molecular flexibility index (Phi) is 7.96. The van der Waals surface area contributed by atoms with E-state index in [1.165, 1.54) is 0 Å². The molecule has 0 saturated carbocycles. The highest BCUT2D eigenvalue weighted by molar-refractivity contribution is 7.89. The second-order valence-corrected chi connectivity index (χ2v) is 8.87. The number of hydrogen-bond acceptors (Lipinski definition) is 6. The number of nitrogens with one attached hydrogen (secondary N) is 1. The molecule has 1 saturated heterocycles. The van der Waals surface area contributed by atoms with Gasteiger partial charge in [0.05, 0.1) is 37.4 Å². The average Bonchev–Trinajstić information content (AvgIpc) is 2.99. The van der Waals surface area contributed by atoms with Crippen LogP contribution in [0.25, 0.3) is 0 Å². The third-order valence-corrected chi connectivity index (χ3v) is 6.54. The zero-order chi connectivity index (χ0) is 20.1. The van der Waals surface area contributed by atoms with Crippen molar-refractivity contribution in [2.75, 3.05) is 46.1 Å². The lowest BCUT2D eigenvalue weighted by Gasteiger charge is -2.31. The summed E-state index contributed by atoms with van der Waals surface area (Å²) < 4.78 is 45.9. The van der Waals surface area contributed by atoms with Crippen molar-refractivity contribution in [3.8, 4) is 11.5 Å². The first-order valence-corrected chi connectivity index (χ1v) is 11.4. The van der Waals surface area contributed by atoms with E-state index in [2.05, 4.69) is 9.62 Å². The van der Waals surface area contributed by atoms with Crippen LogP contribution in [0.1, 0.15) is 18.0 Å². The lowest BCUT2D eigenvalue weighted by atomic mass is 10.1. The summed E-state index contributed by atoms with van der Waals surface area (Å²) in [7, 11) is -3.75. The van der Waals surface area contributed by atoms with Crippen molar-refractivity contribution in [2.24, 2.45) is 0 Å². The normalized spacial score (nSPS) is 18.1. The zero-order valence-corrected chi connectivity index (χ0v) is 18.3. The molecule has 2 aliphatic rings. The van der Waals surface area contributed by atoms with E-state index < -0.39 is 10.0 Å². The van der Waals surface area contributed by atoms with Gasteiger partial charge in [0, 0.05) is 32.1 Å². The maximum atomic E-state index is 13.2. The second-order valence-electron chi connectivity index (χ2n) is 7.16. The van der Waals surface area contributed by atoms with Crippen LogP contribution in [-0.4, -0.2) is 59.4 Å². The second kappa shape index (κ2) is 10.5. The Labute approximate surface area is 183 Å². The molecule has 1 N–H and O–H groups in total. The van der Waals surface area contributed by atoms with Crippen molar-refractivity contribution in [3.05, 3.63) is 54.1 Å². The summed E-state index contributed by atoms with van der Waals surface area (Å²) >= 11 is 0. The van der Waals surface area contributed by atoms with Crippen molar-refractivity contribution in [1.29, 1.82) is 0 Å². The number of morpholine rings is 1. The number of nitrogens with zero attached hydrogens (tertiary/aromatic N) is 1. The minimum absolute atomic E-state index is 0. The summed E-state index contributed by atoms with van der Waals surface area (Å²) in [4.78, 5) is 2.39. The van der Waals surface area contributed by atoms with Gasteiger partial charge < -0.3 is 14.2 Å². The first-order valence-electron chi connectivity index (χ1n) is 9.89. The van der Waals surface area contributed by atoms with E-state index in [1.807, 2.05) is 30.3 Å². The number of sulfonamides is 1. The molecule has 0 spiro atoms. The molecule has 2 heterocycles. The van der Waals surface area contributed by atoms with Crippen LogP contribution in [-0.2, 0) is 14.8 Å². The summed E-state index contributed by atoms with van der Waals surface area (Å²) in [5.74, 6) is 1.05. The summed E-state index contributed by atoms with van der Waals surface area (Å²) in [5.41, 5.74) is 0.928. The number of rotatable bonds is 6. The molecule has 0 bridgehead atoms. The van der Waals surface area contributed by atoms with Crippen LogP contribution in [0.2, 0.25) is 0 Å². The van der Waals surface area contributed by atoms with Crippen LogP contribution in [0.4, 0.5) is 0 Å². The Bertz CT molecular complexity index is 920. The summed E-state index contributed by atoms with van der Waals surface area (Å²) in [6.07, 6.45) is 0.768.